The molecular formula is C19H25Cl2NO. The first-order chi connectivity index (χ1) is 11.1. The molecule has 0 unspecified atom stereocenters. The molecule has 1 saturated carbocycles. The van der Waals surface area contributed by atoms with Gasteiger partial charge in [0.2, 0.25) is 0 Å². The zero-order valence-electron chi connectivity index (χ0n) is 13.8. The lowest BCUT2D eigenvalue weighted by molar-refractivity contribution is -0.0320. The van der Waals surface area contributed by atoms with Crippen molar-refractivity contribution < 1.29 is 4.74 Å². The largest absolute Gasteiger partial charge is 0.381 e. The lowest BCUT2D eigenvalue weighted by atomic mass is 9.72. The Morgan fingerprint density at radius 1 is 1.13 bits per heavy atom. The third-order valence-corrected chi connectivity index (χ3v) is 7.18. The van der Waals surface area contributed by atoms with Gasteiger partial charge in [-0.05, 0) is 68.7 Å². The van der Waals surface area contributed by atoms with Crippen molar-refractivity contribution in [2.24, 2.45) is 11.8 Å². The van der Waals surface area contributed by atoms with E-state index in [0.29, 0.717) is 40.1 Å². The van der Waals surface area contributed by atoms with Crippen LogP contribution in [0.3, 0.4) is 0 Å². The van der Waals surface area contributed by atoms with Crippen LogP contribution in [-0.4, -0.2) is 37.2 Å². The number of rotatable bonds is 4. The van der Waals surface area contributed by atoms with Gasteiger partial charge in [-0.3, -0.25) is 0 Å². The van der Waals surface area contributed by atoms with Gasteiger partial charge >= 0.3 is 0 Å². The number of nitrogens with zero attached hydrogens (tertiary/aromatic N) is 1. The molecule has 2 saturated heterocycles. The standard InChI is InChI=1S/C19H25Cl2NO/c1-22-13-6-8-17(22)18(19(23-2)11-3-4-11)14(10-13)12-5-7-15(20)16(21)9-12/h5,7,9,11,13-14,17-19H,3-4,6,8,10H2,1-2H3/t13-,14+,17+,18+,19+/m1/s1. The molecule has 4 rings (SSSR count). The summed E-state index contributed by atoms with van der Waals surface area (Å²) in [6.45, 7) is 0. The van der Waals surface area contributed by atoms with E-state index in [9.17, 15) is 0 Å². The van der Waals surface area contributed by atoms with Crippen LogP contribution in [0, 0.1) is 11.8 Å². The lowest BCUT2D eigenvalue weighted by Gasteiger charge is -2.46. The molecule has 0 N–H and O–H groups in total. The summed E-state index contributed by atoms with van der Waals surface area (Å²) >= 11 is 12.4. The van der Waals surface area contributed by atoms with E-state index in [-0.39, 0.29) is 0 Å². The Bertz CT molecular complexity index is 587. The number of ether oxygens (including phenoxy) is 1. The smallest absolute Gasteiger partial charge is 0.0648 e. The average Bonchev–Trinajstić information content (AvgIpc) is 3.33. The molecule has 126 valence electrons. The first kappa shape index (κ1) is 16.2. The van der Waals surface area contributed by atoms with Crippen molar-refractivity contribution in [3.63, 3.8) is 0 Å². The molecule has 2 nitrogen and oxygen atoms in total. The Hall–Kier alpha value is -0.280. The monoisotopic (exact) mass is 353 g/mol. The summed E-state index contributed by atoms with van der Waals surface area (Å²) in [5.41, 5.74) is 1.34. The van der Waals surface area contributed by atoms with Crippen LogP contribution in [0.5, 0.6) is 0 Å². The second-order valence-electron chi connectivity index (χ2n) is 7.59. The quantitative estimate of drug-likeness (QED) is 0.756. The van der Waals surface area contributed by atoms with Crippen molar-refractivity contribution in [2.75, 3.05) is 14.2 Å². The Kier molecular flexibility index (Phi) is 4.38. The van der Waals surface area contributed by atoms with Crippen molar-refractivity contribution in [1.82, 2.24) is 4.90 Å². The summed E-state index contributed by atoms with van der Waals surface area (Å²) < 4.78 is 6.03. The SMILES string of the molecule is CO[C@@H](C1CC1)[C@H]1[C@H](c2ccc(Cl)c(Cl)c2)C[C@H]2CC[C@@H]1N2C. The number of hydrogen-bond acceptors (Lipinski definition) is 2. The molecule has 0 radical (unpaired) electrons. The first-order valence-corrected chi connectivity index (χ1v) is 9.55. The highest BCUT2D eigenvalue weighted by atomic mass is 35.5. The highest BCUT2D eigenvalue weighted by Gasteiger charge is 2.52. The Labute approximate surface area is 149 Å². The number of benzene rings is 1. The summed E-state index contributed by atoms with van der Waals surface area (Å²) in [6.07, 6.45) is 6.85. The summed E-state index contributed by atoms with van der Waals surface area (Å²) in [4.78, 5) is 2.62. The van der Waals surface area contributed by atoms with E-state index in [1.165, 1.54) is 37.7 Å². The summed E-state index contributed by atoms with van der Waals surface area (Å²) in [5.74, 6) is 1.85. The normalized spacial score (nSPS) is 35.5. The van der Waals surface area contributed by atoms with Crippen molar-refractivity contribution in [3.8, 4) is 0 Å². The molecule has 3 fully saturated rings. The van der Waals surface area contributed by atoms with Crippen LogP contribution >= 0.6 is 23.2 Å². The molecule has 2 heterocycles. The molecule has 2 aliphatic heterocycles. The molecule has 0 amide bonds. The van der Waals surface area contributed by atoms with Gasteiger partial charge in [0.1, 0.15) is 0 Å². The zero-order chi connectivity index (χ0) is 16.1. The number of methoxy groups -OCH3 is 1. The third kappa shape index (κ3) is 2.82. The average molecular weight is 354 g/mol. The van der Waals surface area contributed by atoms with E-state index in [4.69, 9.17) is 27.9 Å². The Balaban J connectivity index is 1.71. The highest BCUT2D eigenvalue weighted by Crippen LogP contribution is 2.52. The predicted octanol–water partition coefficient (Wildman–Crippen LogP) is 4.98. The van der Waals surface area contributed by atoms with Crippen LogP contribution in [0.2, 0.25) is 10.0 Å². The molecule has 3 aliphatic rings. The van der Waals surface area contributed by atoms with Crippen LogP contribution in [0.4, 0.5) is 0 Å². The van der Waals surface area contributed by atoms with E-state index in [1.54, 1.807) is 0 Å². The van der Waals surface area contributed by atoms with Crippen molar-refractivity contribution in [2.45, 2.75) is 56.2 Å². The molecule has 0 spiro atoms. The molecule has 5 atom stereocenters. The number of halogens is 2. The topological polar surface area (TPSA) is 12.5 Å². The minimum absolute atomic E-state index is 0.376. The minimum Gasteiger partial charge on any atom is -0.381 e. The molecule has 1 aliphatic carbocycles. The maximum Gasteiger partial charge on any atom is 0.0648 e. The summed E-state index contributed by atoms with van der Waals surface area (Å²) in [7, 11) is 4.20. The summed E-state index contributed by atoms with van der Waals surface area (Å²) in [5, 5.41) is 1.32. The molecule has 0 aromatic heterocycles. The minimum atomic E-state index is 0.376. The fourth-order valence-electron chi connectivity index (χ4n) is 5.15. The number of piperidine rings is 1. The second-order valence-corrected chi connectivity index (χ2v) is 8.41. The van der Waals surface area contributed by atoms with Crippen LogP contribution < -0.4 is 0 Å². The maximum absolute atomic E-state index is 6.31. The van der Waals surface area contributed by atoms with Crippen LogP contribution in [-0.2, 0) is 4.74 Å². The third-order valence-electron chi connectivity index (χ3n) is 6.44. The van der Waals surface area contributed by atoms with E-state index >= 15 is 0 Å². The van der Waals surface area contributed by atoms with Gasteiger partial charge in [0, 0.05) is 25.1 Å². The summed E-state index contributed by atoms with van der Waals surface area (Å²) in [6, 6.07) is 7.56. The zero-order valence-corrected chi connectivity index (χ0v) is 15.4. The van der Waals surface area contributed by atoms with Crippen molar-refractivity contribution >= 4 is 23.2 Å². The van der Waals surface area contributed by atoms with Crippen molar-refractivity contribution in [1.29, 1.82) is 0 Å². The van der Waals surface area contributed by atoms with E-state index in [1.807, 2.05) is 13.2 Å². The first-order valence-electron chi connectivity index (χ1n) is 8.80. The van der Waals surface area contributed by atoms with E-state index in [0.717, 1.165) is 5.92 Å². The molecule has 1 aromatic rings. The second kappa shape index (κ2) is 6.22. The van der Waals surface area contributed by atoms with Gasteiger partial charge < -0.3 is 9.64 Å². The van der Waals surface area contributed by atoms with Gasteiger partial charge in [-0.25, -0.2) is 0 Å². The highest BCUT2D eigenvalue weighted by molar-refractivity contribution is 6.42. The van der Waals surface area contributed by atoms with Gasteiger partial charge in [0.25, 0.3) is 0 Å². The molecular weight excluding hydrogens is 329 g/mol. The maximum atomic E-state index is 6.31. The molecule has 23 heavy (non-hydrogen) atoms. The van der Waals surface area contributed by atoms with Gasteiger partial charge in [-0.15, -0.1) is 0 Å². The van der Waals surface area contributed by atoms with Crippen LogP contribution in [0.1, 0.15) is 43.6 Å². The van der Waals surface area contributed by atoms with Gasteiger partial charge in [0.05, 0.1) is 16.1 Å². The van der Waals surface area contributed by atoms with Crippen molar-refractivity contribution in [3.05, 3.63) is 33.8 Å². The fourth-order valence-corrected chi connectivity index (χ4v) is 5.45. The molecule has 4 heteroatoms. The van der Waals surface area contributed by atoms with E-state index in [2.05, 4.69) is 24.1 Å². The molecule has 1 aromatic carbocycles. The predicted molar refractivity (Wildman–Crippen MR) is 95.4 cm³/mol. The van der Waals surface area contributed by atoms with Gasteiger partial charge in [-0.1, -0.05) is 29.3 Å². The number of hydrogen-bond donors (Lipinski definition) is 0. The van der Waals surface area contributed by atoms with Gasteiger partial charge in [-0.2, -0.15) is 0 Å². The molecule has 2 bridgehead atoms. The Morgan fingerprint density at radius 2 is 1.91 bits per heavy atom. The number of fused-ring (bicyclic) bond motifs is 2. The fraction of sp³-hybridized carbons (Fsp3) is 0.684. The van der Waals surface area contributed by atoms with Gasteiger partial charge in [0.15, 0.2) is 0 Å². The Morgan fingerprint density at radius 3 is 2.57 bits per heavy atom. The van der Waals surface area contributed by atoms with Crippen LogP contribution in [0.25, 0.3) is 0 Å². The lowest BCUT2D eigenvalue weighted by Crippen LogP contribution is -2.51. The van der Waals surface area contributed by atoms with Crippen LogP contribution in [0.15, 0.2) is 18.2 Å². The van der Waals surface area contributed by atoms with E-state index < -0.39 is 0 Å².